The molecular weight excluding hydrogens is 362 g/mol. The molecule has 1 aliphatic rings. The van der Waals surface area contributed by atoms with Crippen LogP contribution in [-0.2, 0) is 4.74 Å². The third kappa shape index (κ3) is 3.30. The van der Waals surface area contributed by atoms with Crippen LogP contribution in [0.1, 0.15) is 45.5 Å². The fraction of sp³-hybridized carbons (Fsp3) is 0.300. The molecule has 2 heterocycles. The predicted octanol–water partition coefficient (Wildman–Crippen LogP) is 3.99. The molecule has 138 valence electrons. The lowest BCUT2D eigenvalue weighted by atomic mass is 10.1. The Bertz CT molecular complexity index is 1020. The van der Waals surface area contributed by atoms with Gasteiger partial charge in [-0.1, -0.05) is 23.5 Å². The van der Waals surface area contributed by atoms with Gasteiger partial charge in [0.2, 0.25) is 0 Å². The monoisotopic (exact) mass is 381 g/mol. The molecule has 1 saturated carbocycles. The molecule has 7 heteroatoms. The summed E-state index contributed by atoms with van der Waals surface area (Å²) in [5, 5.41) is 1.36. The summed E-state index contributed by atoms with van der Waals surface area (Å²) >= 11 is 1.22. The van der Waals surface area contributed by atoms with Crippen LogP contribution in [0.3, 0.4) is 0 Å². The van der Waals surface area contributed by atoms with Crippen molar-refractivity contribution in [3.05, 3.63) is 52.7 Å². The number of rotatable bonds is 5. The second-order valence-electron chi connectivity index (χ2n) is 6.41. The first-order valence-electron chi connectivity index (χ1n) is 8.92. The highest BCUT2D eigenvalue weighted by molar-refractivity contribution is 7.17. The van der Waals surface area contributed by atoms with E-state index in [1.807, 2.05) is 30.3 Å². The van der Waals surface area contributed by atoms with E-state index in [0.717, 1.165) is 23.7 Å². The molecule has 4 rings (SSSR count). The zero-order valence-electron chi connectivity index (χ0n) is 15.1. The Morgan fingerprint density at radius 1 is 1.26 bits per heavy atom. The fourth-order valence-electron chi connectivity index (χ4n) is 3.03. The quantitative estimate of drug-likeness (QED) is 0.625. The van der Waals surface area contributed by atoms with Gasteiger partial charge in [0.15, 0.2) is 5.13 Å². The van der Waals surface area contributed by atoms with Gasteiger partial charge < -0.3 is 4.74 Å². The van der Waals surface area contributed by atoms with Gasteiger partial charge in [0.05, 0.1) is 17.8 Å². The number of hydrogen-bond acceptors (Lipinski definition) is 6. The number of ether oxygens (including phenoxy) is 1. The molecule has 1 fully saturated rings. The van der Waals surface area contributed by atoms with Gasteiger partial charge >= 0.3 is 5.97 Å². The van der Waals surface area contributed by atoms with Crippen LogP contribution >= 0.6 is 11.3 Å². The molecule has 1 amide bonds. The van der Waals surface area contributed by atoms with Gasteiger partial charge in [-0.15, -0.1) is 0 Å². The Morgan fingerprint density at radius 3 is 2.81 bits per heavy atom. The number of anilines is 1. The summed E-state index contributed by atoms with van der Waals surface area (Å²) in [7, 11) is 0. The minimum atomic E-state index is -0.392. The number of nitrogens with zero attached hydrogens (tertiary/aromatic N) is 3. The summed E-state index contributed by atoms with van der Waals surface area (Å²) in [6.45, 7) is 3.84. The Morgan fingerprint density at radius 2 is 2.07 bits per heavy atom. The normalized spacial score (nSPS) is 13.6. The Hall–Kier alpha value is -2.80. The molecule has 27 heavy (non-hydrogen) atoms. The lowest BCUT2D eigenvalue weighted by molar-refractivity contribution is 0.0531. The van der Waals surface area contributed by atoms with Crippen LogP contribution < -0.4 is 4.90 Å². The van der Waals surface area contributed by atoms with E-state index in [-0.39, 0.29) is 11.9 Å². The molecule has 0 radical (unpaired) electrons. The number of aryl methyl sites for hydroxylation is 1. The first-order valence-corrected chi connectivity index (χ1v) is 9.73. The first kappa shape index (κ1) is 17.6. The molecule has 0 spiro atoms. The van der Waals surface area contributed by atoms with Gasteiger partial charge in [0, 0.05) is 23.2 Å². The number of esters is 1. The predicted molar refractivity (Wildman–Crippen MR) is 104 cm³/mol. The van der Waals surface area contributed by atoms with E-state index in [9.17, 15) is 9.59 Å². The van der Waals surface area contributed by atoms with E-state index in [4.69, 9.17) is 4.74 Å². The molecule has 6 nitrogen and oxygen atoms in total. The second kappa shape index (κ2) is 7.08. The summed E-state index contributed by atoms with van der Waals surface area (Å²) in [5.74, 6) is -0.503. The topological polar surface area (TPSA) is 72.4 Å². The van der Waals surface area contributed by atoms with Gasteiger partial charge in [-0.2, -0.15) is 0 Å². The van der Waals surface area contributed by atoms with E-state index in [1.54, 1.807) is 24.9 Å². The summed E-state index contributed by atoms with van der Waals surface area (Å²) in [4.78, 5) is 36.6. The number of amides is 1. The molecule has 0 atom stereocenters. The molecule has 0 saturated heterocycles. The van der Waals surface area contributed by atoms with Crippen LogP contribution in [0.2, 0.25) is 0 Å². The summed E-state index contributed by atoms with van der Waals surface area (Å²) in [6.07, 6.45) is 3.58. The smallest absolute Gasteiger partial charge is 0.350 e. The van der Waals surface area contributed by atoms with Gasteiger partial charge in [-0.3, -0.25) is 14.7 Å². The van der Waals surface area contributed by atoms with Crippen LogP contribution in [0.25, 0.3) is 10.9 Å². The van der Waals surface area contributed by atoms with E-state index >= 15 is 0 Å². The third-order valence-corrected chi connectivity index (χ3v) is 5.60. The number of fused-ring (bicyclic) bond motifs is 1. The number of aromatic nitrogens is 2. The highest BCUT2D eigenvalue weighted by atomic mass is 32.1. The standard InChI is InChI=1S/C20H19N3O3S/c1-3-26-19(25)17-12(2)22-20(27-17)23(13-9-10-13)18(24)15-6-4-8-16-14(15)7-5-11-21-16/h4-8,11,13H,3,9-10H2,1-2H3. The maximum absolute atomic E-state index is 13.4. The maximum Gasteiger partial charge on any atom is 0.350 e. The number of carbonyl (C=O) groups excluding carboxylic acids is 2. The van der Waals surface area contributed by atoms with E-state index < -0.39 is 5.97 Å². The summed E-state index contributed by atoms with van der Waals surface area (Å²) in [6, 6.07) is 9.38. The molecule has 0 bridgehead atoms. The number of benzene rings is 1. The summed E-state index contributed by atoms with van der Waals surface area (Å²) in [5.41, 5.74) is 1.96. The van der Waals surface area contributed by atoms with Crippen molar-refractivity contribution in [1.82, 2.24) is 9.97 Å². The van der Waals surface area contributed by atoms with E-state index in [2.05, 4.69) is 9.97 Å². The average molecular weight is 381 g/mol. The van der Waals surface area contributed by atoms with Gasteiger partial charge in [-0.05, 0) is 44.9 Å². The highest BCUT2D eigenvalue weighted by Crippen LogP contribution is 2.37. The summed E-state index contributed by atoms with van der Waals surface area (Å²) < 4.78 is 5.10. The largest absolute Gasteiger partial charge is 0.462 e. The van der Waals surface area contributed by atoms with Crippen molar-refractivity contribution in [3.8, 4) is 0 Å². The number of thiazole rings is 1. The van der Waals surface area contributed by atoms with Gasteiger partial charge in [-0.25, -0.2) is 9.78 Å². The average Bonchev–Trinajstić information content (AvgIpc) is 3.43. The Kier molecular flexibility index (Phi) is 4.61. The first-order chi connectivity index (χ1) is 13.1. The second-order valence-corrected chi connectivity index (χ2v) is 7.39. The lowest BCUT2D eigenvalue weighted by Crippen LogP contribution is -2.33. The van der Waals surface area contributed by atoms with E-state index in [1.165, 1.54) is 11.3 Å². The SMILES string of the molecule is CCOC(=O)c1sc(N(C(=O)c2cccc3ncccc23)C2CC2)nc1C. The molecule has 3 aromatic rings. The molecular formula is C20H19N3O3S. The van der Waals surface area contributed by atoms with E-state index in [0.29, 0.717) is 27.9 Å². The molecule has 1 aliphatic carbocycles. The zero-order chi connectivity index (χ0) is 19.0. The zero-order valence-corrected chi connectivity index (χ0v) is 16.0. The number of pyridine rings is 1. The minimum absolute atomic E-state index is 0.111. The molecule has 0 N–H and O–H groups in total. The van der Waals surface area contributed by atoms with Gasteiger partial charge in [0.25, 0.3) is 5.91 Å². The van der Waals surface area contributed by atoms with Crippen molar-refractivity contribution in [2.24, 2.45) is 0 Å². The van der Waals surface area contributed by atoms with Crippen LogP contribution in [-0.4, -0.2) is 34.5 Å². The van der Waals surface area contributed by atoms with Crippen molar-refractivity contribution >= 4 is 39.2 Å². The van der Waals surface area contributed by atoms with Crippen LogP contribution in [0.5, 0.6) is 0 Å². The minimum Gasteiger partial charge on any atom is -0.462 e. The Balaban J connectivity index is 1.74. The molecule has 2 aromatic heterocycles. The fourth-order valence-corrected chi connectivity index (χ4v) is 4.06. The number of hydrogen-bond donors (Lipinski definition) is 0. The molecule has 0 aliphatic heterocycles. The number of carbonyl (C=O) groups is 2. The lowest BCUT2D eigenvalue weighted by Gasteiger charge is -2.20. The van der Waals surface area contributed by atoms with Crippen molar-refractivity contribution < 1.29 is 14.3 Å². The van der Waals surface area contributed by atoms with Gasteiger partial charge in [0.1, 0.15) is 4.88 Å². The maximum atomic E-state index is 13.4. The van der Waals surface area contributed by atoms with Crippen LogP contribution in [0.15, 0.2) is 36.5 Å². The van der Waals surface area contributed by atoms with Crippen molar-refractivity contribution in [2.75, 3.05) is 11.5 Å². The Labute approximate surface area is 160 Å². The third-order valence-electron chi connectivity index (χ3n) is 4.46. The van der Waals surface area contributed by atoms with Crippen LogP contribution in [0.4, 0.5) is 5.13 Å². The van der Waals surface area contributed by atoms with Crippen molar-refractivity contribution in [3.63, 3.8) is 0 Å². The molecule has 0 unspecified atom stereocenters. The van der Waals surface area contributed by atoms with Crippen LogP contribution in [0, 0.1) is 6.92 Å². The van der Waals surface area contributed by atoms with Crippen molar-refractivity contribution in [2.45, 2.75) is 32.7 Å². The van der Waals surface area contributed by atoms with Crippen molar-refractivity contribution in [1.29, 1.82) is 0 Å². The highest BCUT2D eigenvalue weighted by Gasteiger charge is 2.37. The molecule has 1 aromatic carbocycles.